The molecule has 0 aliphatic carbocycles. The van der Waals surface area contributed by atoms with Crippen LogP contribution in [0.4, 0.5) is 18.0 Å². The van der Waals surface area contributed by atoms with E-state index in [1.807, 2.05) is 0 Å². The molecule has 0 fully saturated rings. The molecule has 1 aliphatic heterocycles. The van der Waals surface area contributed by atoms with Crippen LogP contribution in [0.5, 0.6) is 5.75 Å². The first kappa shape index (κ1) is 23.6. The summed E-state index contributed by atoms with van der Waals surface area (Å²) < 4.78 is 52.3. The zero-order chi connectivity index (χ0) is 23.5. The molecule has 0 unspecified atom stereocenters. The van der Waals surface area contributed by atoms with Crippen LogP contribution in [0.3, 0.4) is 0 Å². The molecule has 3 rings (SSSR count). The molecule has 2 aromatic rings. The third-order valence-electron chi connectivity index (χ3n) is 5.09. The van der Waals surface area contributed by atoms with Crippen molar-refractivity contribution in [2.75, 3.05) is 6.54 Å². The summed E-state index contributed by atoms with van der Waals surface area (Å²) in [6, 6.07) is 10.5. The first-order chi connectivity index (χ1) is 15.0. The second-order valence-electron chi connectivity index (χ2n) is 8.66. The van der Waals surface area contributed by atoms with Gasteiger partial charge in [-0.3, -0.25) is 0 Å². The zero-order valence-electron chi connectivity index (χ0n) is 18.2. The summed E-state index contributed by atoms with van der Waals surface area (Å²) in [7, 11) is 0. The molecule has 0 saturated heterocycles. The fourth-order valence-electron chi connectivity index (χ4n) is 3.69. The zero-order valence-corrected chi connectivity index (χ0v) is 18.2. The summed E-state index contributed by atoms with van der Waals surface area (Å²) in [4.78, 5) is 25.5. The van der Waals surface area contributed by atoms with E-state index in [4.69, 9.17) is 9.47 Å². The van der Waals surface area contributed by atoms with Gasteiger partial charge in [-0.2, -0.15) is 13.2 Å². The lowest BCUT2D eigenvalue weighted by Gasteiger charge is -2.38. The number of nitrogens with zero attached hydrogens (tertiary/aromatic N) is 1. The Morgan fingerprint density at radius 3 is 2.44 bits per heavy atom. The Hall–Kier alpha value is -3.03. The molecular weight excluding hydrogens is 423 g/mol. The van der Waals surface area contributed by atoms with Crippen molar-refractivity contribution >= 4 is 12.4 Å². The third-order valence-corrected chi connectivity index (χ3v) is 5.09. The topological polar surface area (TPSA) is 55.8 Å². The standard InChI is InChI=1S/C24H26F3NO4/c1-23(2,3)32-22(30)28-11-9-17-13-19(24(25,26)27)21(14-18(17)20(28)10-12-29)31-15-16-7-5-4-6-8-16/h4-8,12-14,20H,9-11,15H2,1-3H3/t20-/m0/s1. The van der Waals surface area contributed by atoms with Crippen LogP contribution in [-0.2, 0) is 28.7 Å². The average Bonchev–Trinajstić information content (AvgIpc) is 2.71. The molecule has 8 heteroatoms. The maximum absolute atomic E-state index is 13.8. The lowest BCUT2D eigenvalue weighted by Crippen LogP contribution is -2.43. The Labute approximate surface area is 185 Å². The van der Waals surface area contributed by atoms with E-state index in [0.29, 0.717) is 17.4 Å². The fourth-order valence-corrected chi connectivity index (χ4v) is 3.69. The Balaban J connectivity index is 1.99. The smallest absolute Gasteiger partial charge is 0.419 e. The molecule has 0 bridgehead atoms. The number of carbonyl (C=O) groups excluding carboxylic acids is 2. The maximum Gasteiger partial charge on any atom is 0.419 e. The molecule has 1 aliphatic rings. The summed E-state index contributed by atoms with van der Waals surface area (Å²) >= 11 is 0. The normalized spacial score (nSPS) is 16.3. The van der Waals surface area contributed by atoms with Gasteiger partial charge in [-0.1, -0.05) is 30.3 Å². The van der Waals surface area contributed by atoms with Crippen molar-refractivity contribution < 1.29 is 32.2 Å². The quantitative estimate of drug-likeness (QED) is 0.549. The molecule has 1 heterocycles. The van der Waals surface area contributed by atoms with E-state index in [0.717, 1.165) is 11.6 Å². The number of rotatable bonds is 5. The maximum atomic E-state index is 13.8. The fraction of sp³-hybridized carbons (Fsp3) is 0.417. The van der Waals surface area contributed by atoms with E-state index in [9.17, 15) is 22.8 Å². The SMILES string of the molecule is CC(C)(C)OC(=O)N1CCc2cc(C(F)(F)F)c(OCc3ccccc3)cc2[C@@H]1CC=O. The van der Waals surface area contributed by atoms with E-state index in [2.05, 4.69) is 0 Å². The van der Waals surface area contributed by atoms with Gasteiger partial charge in [0.1, 0.15) is 24.2 Å². The molecule has 5 nitrogen and oxygen atoms in total. The lowest BCUT2D eigenvalue weighted by molar-refractivity contribution is -0.139. The van der Waals surface area contributed by atoms with Crippen molar-refractivity contribution in [3.05, 3.63) is 64.7 Å². The van der Waals surface area contributed by atoms with Crippen molar-refractivity contribution in [1.29, 1.82) is 0 Å². The monoisotopic (exact) mass is 449 g/mol. The van der Waals surface area contributed by atoms with Crippen molar-refractivity contribution in [2.24, 2.45) is 0 Å². The van der Waals surface area contributed by atoms with Crippen molar-refractivity contribution in [2.45, 2.75) is 58.0 Å². The summed E-state index contributed by atoms with van der Waals surface area (Å²) in [5, 5.41) is 0. The summed E-state index contributed by atoms with van der Waals surface area (Å²) in [5.41, 5.74) is 0.00920. The molecule has 172 valence electrons. The predicted octanol–water partition coefficient (Wildman–Crippen LogP) is 5.71. The van der Waals surface area contributed by atoms with Gasteiger partial charge in [0, 0.05) is 13.0 Å². The van der Waals surface area contributed by atoms with E-state index in [-0.39, 0.29) is 31.7 Å². The number of aldehydes is 1. The minimum Gasteiger partial charge on any atom is -0.488 e. The van der Waals surface area contributed by atoms with Gasteiger partial charge in [0.15, 0.2) is 0 Å². The highest BCUT2D eigenvalue weighted by molar-refractivity contribution is 5.71. The molecular formula is C24H26F3NO4. The molecule has 0 saturated carbocycles. The number of fused-ring (bicyclic) bond motifs is 1. The minimum atomic E-state index is -4.61. The van der Waals surface area contributed by atoms with Gasteiger partial charge in [-0.15, -0.1) is 0 Å². The number of ether oxygens (including phenoxy) is 2. The van der Waals surface area contributed by atoms with Gasteiger partial charge in [-0.25, -0.2) is 4.79 Å². The van der Waals surface area contributed by atoms with Crippen LogP contribution in [0.25, 0.3) is 0 Å². The van der Waals surface area contributed by atoms with Crippen LogP contribution < -0.4 is 4.74 Å². The van der Waals surface area contributed by atoms with Gasteiger partial charge >= 0.3 is 12.3 Å². The largest absolute Gasteiger partial charge is 0.488 e. The molecule has 0 spiro atoms. The Morgan fingerprint density at radius 1 is 1.16 bits per heavy atom. The van der Waals surface area contributed by atoms with Gasteiger partial charge < -0.3 is 19.2 Å². The molecule has 32 heavy (non-hydrogen) atoms. The van der Waals surface area contributed by atoms with Gasteiger partial charge in [0.05, 0.1) is 11.6 Å². The molecule has 1 amide bonds. The molecule has 0 N–H and O–H groups in total. The summed E-state index contributed by atoms with van der Waals surface area (Å²) in [6.45, 7) is 5.28. The predicted molar refractivity (Wildman–Crippen MR) is 112 cm³/mol. The third kappa shape index (κ3) is 5.60. The van der Waals surface area contributed by atoms with E-state index in [1.165, 1.54) is 11.0 Å². The second kappa shape index (κ2) is 9.22. The molecule has 0 radical (unpaired) electrons. The highest BCUT2D eigenvalue weighted by Crippen LogP contribution is 2.42. The van der Waals surface area contributed by atoms with E-state index in [1.54, 1.807) is 51.1 Å². The van der Waals surface area contributed by atoms with Crippen LogP contribution in [0.1, 0.15) is 55.5 Å². The summed E-state index contributed by atoms with van der Waals surface area (Å²) in [5.74, 6) is -0.331. The Bertz CT molecular complexity index is 968. The van der Waals surface area contributed by atoms with Gasteiger partial charge in [0.2, 0.25) is 0 Å². The first-order valence-electron chi connectivity index (χ1n) is 10.3. The van der Waals surface area contributed by atoms with Crippen LogP contribution >= 0.6 is 0 Å². The lowest BCUT2D eigenvalue weighted by atomic mass is 9.89. The molecule has 0 aromatic heterocycles. The van der Waals surface area contributed by atoms with E-state index >= 15 is 0 Å². The molecule has 2 aromatic carbocycles. The van der Waals surface area contributed by atoms with Crippen LogP contribution in [-0.4, -0.2) is 29.4 Å². The number of amides is 1. The van der Waals surface area contributed by atoms with Crippen LogP contribution in [0, 0.1) is 0 Å². The number of benzene rings is 2. The second-order valence-corrected chi connectivity index (χ2v) is 8.66. The van der Waals surface area contributed by atoms with Crippen molar-refractivity contribution in [3.8, 4) is 5.75 Å². The Kier molecular flexibility index (Phi) is 6.81. The number of hydrogen-bond acceptors (Lipinski definition) is 4. The highest BCUT2D eigenvalue weighted by atomic mass is 19.4. The van der Waals surface area contributed by atoms with Crippen molar-refractivity contribution in [3.63, 3.8) is 0 Å². The number of alkyl halides is 3. The van der Waals surface area contributed by atoms with Crippen molar-refractivity contribution in [1.82, 2.24) is 4.90 Å². The molecule has 1 atom stereocenters. The summed E-state index contributed by atoms with van der Waals surface area (Å²) in [6.07, 6.45) is -4.41. The van der Waals surface area contributed by atoms with Crippen LogP contribution in [0.15, 0.2) is 42.5 Å². The first-order valence-corrected chi connectivity index (χ1v) is 10.3. The average molecular weight is 449 g/mol. The highest BCUT2D eigenvalue weighted by Gasteiger charge is 2.39. The van der Waals surface area contributed by atoms with E-state index < -0.39 is 29.5 Å². The minimum absolute atomic E-state index is 0.0448. The van der Waals surface area contributed by atoms with Gasteiger partial charge in [-0.05, 0) is 56.0 Å². The number of carbonyl (C=O) groups is 2. The van der Waals surface area contributed by atoms with Crippen LogP contribution in [0.2, 0.25) is 0 Å². The number of halogens is 3. The van der Waals surface area contributed by atoms with Gasteiger partial charge in [0.25, 0.3) is 0 Å². The Morgan fingerprint density at radius 2 is 1.84 bits per heavy atom. The number of hydrogen-bond donors (Lipinski definition) is 0.